The predicted octanol–water partition coefficient (Wildman–Crippen LogP) is 12.2. The van der Waals surface area contributed by atoms with Crippen LogP contribution in [0.5, 0.6) is 28.7 Å². The number of methoxy groups -OCH3 is 1. The second-order valence-electron chi connectivity index (χ2n) is 19.2. The predicted molar refractivity (Wildman–Crippen MR) is 329 cm³/mol. The molecule has 0 N–H and O–H groups in total. The van der Waals surface area contributed by atoms with Gasteiger partial charge in [0.2, 0.25) is 5.13 Å². The van der Waals surface area contributed by atoms with E-state index in [2.05, 4.69) is 13.2 Å². The van der Waals surface area contributed by atoms with Crippen molar-refractivity contribution in [3.8, 4) is 28.7 Å². The van der Waals surface area contributed by atoms with Gasteiger partial charge >= 0.3 is 35.8 Å². The Morgan fingerprint density at radius 3 is 1.52 bits per heavy atom. The van der Waals surface area contributed by atoms with Crippen molar-refractivity contribution in [3.63, 3.8) is 0 Å². The number of fused-ring (bicyclic) bond motifs is 1. The molecular weight excluding hydrogens is 1130 g/mol. The molecule has 7 rings (SSSR count). The van der Waals surface area contributed by atoms with Crippen LogP contribution in [0.25, 0.3) is 10.2 Å². The average Bonchev–Trinajstić information content (AvgIpc) is 4.25. The molecular formula is C67H69N3O16S. The monoisotopic (exact) mass is 1200 g/mol. The first-order valence-electron chi connectivity index (χ1n) is 28.4. The summed E-state index contributed by atoms with van der Waals surface area (Å²) in [5.74, 6) is -1.47. The van der Waals surface area contributed by atoms with Gasteiger partial charge in [0, 0.05) is 31.2 Å². The fraction of sp³-hybridized carbons (Fsp3) is 0.284. The van der Waals surface area contributed by atoms with E-state index in [9.17, 15) is 28.8 Å². The zero-order chi connectivity index (χ0) is 61.4. The van der Waals surface area contributed by atoms with Crippen LogP contribution in [0.3, 0.4) is 0 Å². The molecule has 0 saturated carbocycles. The summed E-state index contributed by atoms with van der Waals surface area (Å²) in [5.41, 5.74) is 3.02. The Kier molecular flexibility index (Phi) is 26.7. The molecule has 0 aliphatic carbocycles. The van der Waals surface area contributed by atoms with Crippen LogP contribution in [-0.4, -0.2) is 114 Å². The summed E-state index contributed by atoms with van der Waals surface area (Å²) in [5, 5.41) is 7.16. The Hall–Kier alpha value is -9.50. The lowest BCUT2D eigenvalue weighted by Gasteiger charge is -2.16. The number of thiazole rings is 1. The number of rotatable bonds is 37. The van der Waals surface area contributed by atoms with E-state index in [-0.39, 0.29) is 41.4 Å². The van der Waals surface area contributed by atoms with Gasteiger partial charge < -0.3 is 47.4 Å². The fourth-order valence-electron chi connectivity index (χ4n) is 8.13. The molecule has 0 aliphatic rings. The molecule has 0 aliphatic heterocycles. The lowest BCUT2D eigenvalue weighted by molar-refractivity contribution is -0.138. The molecule has 0 spiro atoms. The van der Waals surface area contributed by atoms with Crippen LogP contribution < -0.4 is 28.7 Å². The SMILES string of the molecule is C=CC(=O)OCCCCCCOc1ccc(C(=O)Oc2ccc(C(=O)OCCc3ccc(OC(=O)c4ccc(OC(=O)c5ccc(OCCCCCCOC(=O)C=C)cc5)cc4)c(/C=N/N(CCOCCOC)c4nc5ccccc5s4)c3)cc2)cc1. The standard InChI is InChI=1S/C67H69N3O16S/c1-4-61(71)81-40-14-8-6-12-38-79-54-27-19-50(20-28-54)64(74)84-56-31-23-49(24-32-56)63(73)83-42-36-48-18-35-59(53(46-48)47-68-70(37-43-78-45-44-77-3)67-69-58-16-10-11-17-60(58)87-67)86-66(76)52-25-33-57(34-26-52)85-65(75)51-21-29-55(30-22-51)80-39-13-7-9-15-41-82-62(72)5-2/h4-5,10-11,16-35,46-47H,1-2,6-9,12-15,36-45H2,3H3/b68-47+. The summed E-state index contributed by atoms with van der Waals surface area (Å²) < 4.78 is 56.3. The third-order valence-electron chi connectivity index (χ3n) is 12.8. The van der Waals surface area contributed by atoms with Gasteiger partial charge in [0.15, 0.2) is 0 Å². The van der Waals surface area contributed by atoms with Crippen molar-refractivity contribution >= 4 is 68.7 Å². The van der Waals surface area contributed by atoms with Gasteiger partial charge in [0.05, 0.1) is 98.1 Å². The number of benzene rings is 6. The number of hydrogen-bond donors (Lipinski definition) is 0. The number of aromatic nitrogens is 1. The van der Waals surface area contributed by atoms with Crippen molar-refractivity contribution in [2.24, 2.45) is 5.10 Å². The molecule has 0 fully saturated rings. The molecule has 454 valence electrons. The Morgan fingerprint density at radius 2 is 1.00 bits per heavy atom. The molecule has 20 heteroatoms. The van der Waals surface area contributed by atoms with Crippen molar-refractivity contribution in [2.75, 3.05) is 71.5 Å². The minimum Gasteiger partial charge on any atom is -0.494 e. The molecule has 0 unspecified atom stereocenters. The first-order chi connectivity index (χ1) is 42.5. The molecule has 6 aromatic carbocycles. The highest BCUT2D eigenvalue weighted by molar-refractivity contribution is 7.22. The first-order valence-corrected chi connectivity index (χ1v) is 29.2. The Balaban J connectivity index is 0.938. The number of nitrogens with zero attached hydrogens (tertiary/aromatic N) is 3. The molecule has 1 aromatic heterocycles. The first kappa shape index (κ1) is 65.1. The number of carbonyl (C=O) groups excluding carboxylic acids is 6. The third kappa shape index (κ3) is 22.1. The van der Waals surface area contributed by atoms with Crippen molar-refractivity contribution < 1.29 is 76.1 Å². The van der Waals surface area contributed by atoms with Crippen LogP contribution in [0, 0.1) is 0 Å². The largest absolute Gasteiger partial charge is 0.494 e. The smallest absolute Gasteiger partial charge is 0.343 e. The van der Waals surface area contributed by atoms with E-state index >= 15 is 0 Å². The number of hydrazone groups is 1. The molecule has 19 nitrogen and oxygen atoms in total. The summed E-state index contributed by atoms with van der Waals surface area (Å²) in [6, 6.07) is 38.1. The van der Waals surface area contributed by atoms with Crippen molar-refractivity contribution in [1.82, 2.24) is 4.98 Å². The highest BCUT2D eigenvalue weighted by atomic mass is 32.1. The van der Waals surface area contributed by atoms with Crippen LogP contribution in [0.4, 0.5) is 5.13 Å². The Labute approximate surface area is 509 Å². The quantitative estimate of drug-likeness (QED) is 0.00671. The molecule has 0 radical (unpaired) electrons. The second kappa shape index (κ2) is 35.7. The maximum absolute atomic E-state index is 13.8. The highest BCUT2D eigenvalue weighted by Crippen LogP contribution is 2.30. The van der Waals surface area contributed by atoms with Gasteiger partial charge in [-0.2, -0.15) is 5.10 Å². The van der Waals surface area contributed by atoms with Gasteiger partial charge in [-0.1, -0.05) is 42.7 Å². The summed E-state index contributed by atoms with van der Waals surface area (Å²) >= 11 is 1.46. The van der Waals surface area contributed by atoms with Crippen LogP contribution in [0.1, 0.15) is 104 Å². The fourth-order valence-corrected chi connectivity index (χ4v) is 9.08. The van der Waals surface area contributed by atoms with Crippen LogP contribution in [0.15, 0.2) is 170 Å². The topological polar surface area (TPSA) is 223 Å². The molecule has 0 bridgehead atoms. The van der Waals surface area contributed by atoms with Gasteiger partial charge in [-0.3, -0.25) is 0 Å². The van der Waals surface area contributed by atoms with Gasteiger partial charge in [-0.05, 0) is 178 Å². The van der Waals surface area contributed by atoms with E-state index in [4.69, 9.17) is 57.5 Å². The van der Waals surface area contributed by atoms with E-state index in [1.165, 1.54) is 59.9 Å². The van der Waals surface area contributed by atoms with E-state index in [0.717, 1.165) is 79.3 Å². The lowest BCUT2D eigenvalue weighted by Crippen LogP contribution is -2.23. The second-order valence-corrected chi connectivity index (χ2v) is 20.2. The summed E-state index contributed by atoms with van der Waals surface area (Å²) in [4.78, 5) is 80.1. The summed E-state index contributed by atoms with van der Waals surface area (Å²) in [6.45, 7) is 9.90. The van der Waals surface area contributed by atoms with Crippen LogP contribution >= 0.6 is 11.3 Å². The molecule has 87 heavy (non-hydrogen) atoms. The summed E-state index contributed by atoms with van der Waals surface area (Å²) in [6.07, 6.45) is 10.9. The van der Waals surface area contributed by atoms with Crippen LogP contribution in [0.2, 0.25) is 0 Å². The maximum Gasteiger partial charge on any atom is 0.343 e. The minimum absolute atomic E-state index is 0.00537. The van der Waals surface area contributed by atoms with E-state index < -0.39 is 35.8 Å². The number of carbonyl (C=O) groups is 6. The number of anilines is 1. The minimum atomic E-state index is -0.688. The Bertz CT molecular complexity index is 3370. The van der Waals surface area contributed by atoms with E-state index in [1.807, 2.05) is 24.3 Å². The average molecular weight is 1200 g/mol. The zero-order valence-electron chi connectivity index (χ0n) is 48.4. The molecule has 1 heterocycles. The molecule has 0 atom stereocenters. The van der Waals surface area contributed by atoms with E-state index in [0.29, 0.717) is 86.1 Å². The van der Waals surface area contributed by atoms with Crippen molar-refractivity contribution in [3.05, 3.63) is 198 Å². The number of ether oxygens (including phenoxy) is 10. The molecule has 0 amide bonds. The zero-order valence-corrected chi connectivity index (χ0v) is 49.3. The van der Waals surface area contributed by atoms with Crippen molar-refractivity contribution in [2.45, 2.75) is 57.8 Å². The third-order valence-corrected chi connectivity index (χ3v) is 13.9. The van der Waals surface area contributed by atoms with E-state index in [1.54, 1.807) is 85.1 Å². The Morgan fingerprint density at radius 1 is 0.506 bits per heavy atom. The number of esters is 6. The normalized spacial score (nSPS) is 10.9. The van der Waals surface area contributed by atoms with Crippen LogP contribution in [-0.2, 0) is 39.7 Å². The van der Waals surface area contributed by atoms with Gasteiger partial charge in [-0.25, -0.2) is 38.8 Å². The molecule has 0 saturated heterocycles. The van der Waals surface area contributed by atoms with Crippen molar-refractivity contribution in [1.29, 1.82) is 0 Å². The summed E-state index contributed by atoms with van der Waals surface area (Å²) in [7, 11) is 1.60. The number of para-hydroxylation sites is 1. The molecule has 7 aromatic rings. The van der Waals surface area contributed by atoms with Gasteiger partial charge in [0.25, 0.3) is 0 Å². The number of unbranched alkanes of at least 4 members (excludes halogenated alkanes) is 6. The highest BCUT2D eigenvalue weighted by Gasteiger charge is 2.18. The maximum atomic E-state index is 13.8. The lowest BCUT2D eigenvalue weighted by atomic mass is 10.1. The number of hydrogen-bond acceptors (Lipinski definition) is 20. The van der Waals surface area contributed by atoms with Gasteiger partial charge in [0.1, 0.15) is 28.7 Å². The van der Waals surface area contributed by atoms with Gasteiger partial charge in [-0.15, -0.1) is 0 Å².